The van der Waals surface area contributed by atoms with Gasteiger partial charge >= 0.3 is 0 Å². The summed E-state index contributed by atoms with van der Waals surface area (Å²) in [5.41, 5.74) is 0. The van der Waals surface area contributed by atoms with Gasteiger partial charge in [0.15, 0.2) is 5.96 Å². The van der Waals surface area contributed by atoms with Crippen LogP contribution in [0.15, 0.2) is 4.99 Å². The highest BCUT2D eigenvalue weighted by atomic mass is 15.3. The molecule has 4 aliphatic rings. The number of guanidine groups is 1. The van der Waals surface area contributed by atoms with Gasteiger partial charge in [0.1, 0.15) is 0 Å². The van der Waals surface area contributed by atoms with Crippen LogP contribution in [0.5, 0.6) is 0 Å². The fourth-order valence-electron chi connectivity index (χ4n) is 4.67. The summed E-state index contributed by atoms with van der Waals surface area (Å²) in [6.07, 6.45) is 7.09. The minimum atomic E-state index is 0.875. The van der Waals surface area contributed by atoms with Crippen LogP contribution in [-0.2, 0) is 0 Å². The van der Waals surface area contributed by atoms with Gasteiger partial charge in [-0.3, -0.25) is 9.89 Å². The molecule has 3 heterocycles. The van der Waals surface area contributed by atoms with Crippen molar-refractivity contribution in [2.24, 2.45) is 22.7 Å². The normalized spacial score (nSPS) is 36.7. The van der Waals surface area contributed by atoms with Gasteiger partial charge in [-0.2, -0.15) is 0 Å². The van der Waals surface area contributed by atoms with Crippen molar-refractivity contribution in [1.82, 2.24) is 15.1 Å². The Hall–Kier alpha value is -0.770. The molecular formula is C17H30N4. The first-order valence-corrected chi connectivity index (χ1v) is 9.12. The lowest BCUT2D eigenvalue weighted by molar-refractivity contribution is 0.164. The third-order valence-electron chi connectivity index (χ3n) is 5.95. The van der Waals surface area contributed by atoms with Gasteiger partial charge in [-0.05, 0) is 56.9 Å². The first kappa shape index (κ1) is 13.9. The summed E-state index contributed by atoms with van der Waals surface area (Å²) in [6.45, 7) is 9.39. The Balaban J connectivity index is 1.41. The molecule has 3 aliphatic heterocycles. The zero-order valence-corrected chi connectivity index (χ0v) is 13.4. The lowest BCUT2D eigenvalue weighted by Gasteiger charge is -2.33. The Kier molecular flexibility index (Phi) is 3.82. The molecule has 4 rings (SSSR count). The van der Waals surface area contributed by atoms with Crippen LogP contribution in [0.4, 0.5) is 0 Å². The quantitative estimate of drug-likeness (QED) is 0.635. The van der Waals surface area contributed by atoms with Gasteiger partial charge in [-0.15, -0.1) is 0 Å². The number of likely N-dealkylation sites (tertiary alicyclic amines) is 1. The smallest absolute Gasteiger partial charge is 0.193 e. The average Bonchev–Trinajstić information content (AvgIpc) is 3.13. The highest BCUT2D eigenvalue weighted by Gasteiger charge is 2.47. The van der Waals surface area contributed by atoms with Crippen molar-refractivity contribution in [3.63, 3.8) is 0 Å². The van der Waals surface area contributed by atoms with E-state index in [4.69, 9.17) is 4.99 Å². The van der Waals surface area contributed by atoms with Gasteiger partial charge < -0.3 is 10.2 Å². The first-order valence-electron chi connectivity index (χ1n) is 9.12. The number of aliphatic imine (C=N–C) groups is 1. The Morgan fingerprint density at radius 3 is 2.86 bits per heavy atom. The Labute approximate surface area is 129 Å². The van der Waals surface area contributed by atoms with Crippen LogP contribution in [0.2, 0.25) is 0 Å². The van der Waals surface area contributed by atoms with Crippen molar-refractivity contribution in [3.05, 3.63) is 0 Å². The molecule has 21 heavy (non-hydrogen) atoms. The highest BCUT2D eigenvalue weighted by Crippen LogP contribution is 2.40. The molecule has 1 saturated carbocycles. The summed E-state index contributed by atoms with van der Waals surface area (Å²) in [7, 11) is 0. The van der Waals surface area contributed by atoms with Gasteiger partial charge in [0.25, 0.3) is 0 Å². The standard InChI is InChI=1S/C17H30N4/c1-2-18-17(19-9-13-6-7-13)21-11-14-10-20-8-4-3-5-16(20)15(14)12-21/h13-16H,2-12H2,1H3,(H,18,19)/t14-,15+,16+/m0/s1. The molecular weight excluding hydrogens is 260 g/mol. The molecule has 4 fully saturated rings. The Morgan fingerprint density at radius 1 is 1.14 bits per heavy atom. The maximum atomic E-state index is 4.91. The van der Waals surface area contributed by atoms with Crippen molar-refractivity contribution in [2.75, 3.05) is 39.3 Å². The van der Waals surface area contributed by atoms with E-state index in [2.05, 4.69) is 22.0 Å². The average molecular weight is 290 g/mol. The summed E-state index contributed by atoms with van der Waals surface area (Å²) in [5, 5.41) is 3.53. The summed E-state index contributed by atoms with van der Waals surface area (Å²) in [6, 6.07) is 0.875. The highest BCUT2D eigenvalue weighted by molar-refractivity contribution is 5.80. The van der Waals surface area contributed by atoms with Crippen LogP contribution in [0.25, 0.3) is 0 Å². The van der Waals surface area contributed by atoms with E-state index in [0.717, 1.165) is 36.9 Å². The Morgan fingerprint density at radius 2 is 2.05 bits per heavy atom. The molecule has 4 heteroatoms. The number of rotatable bonds is 3. The second kappa shape index (κ2) is 5.79. The molecule has 3 atom stereocenters. The van der Waals surface area contributed by atoms with E-state index in [0.29, 0.717) is 0 Å². The van der Waals surface area contributed by atoms with E-state index < -0.39 is 0 Å². The van der Waals surface area contributed by atoms with E-state index in [1.165, 1.54) is 64.2 Å². The van der Waals surface area contributed by atoms with Crippen LogP contribution in [0.1, 0.15) is 39.0 Å². The SMILES string of the molecule is CCNC(=NCC1CC1)N1C[C@@H]2CN3CCCC[C@@H]3[C@@H]2C1. The maximum absolute atomic E-state index is 4.91. The molecule has 0 aromatic rings. The topological polar surface area (TPSA) is 30.9 Å². The zero-order chi connectivity index (χ0) is 14.2. The second-order valence-corrected chi connectivity index (χ2v) is 7.52. The van der Waals surface area contributed by atoms with Crippen LogP contribution >= 0.6 is 0 Å². The molecule has 1 aliphatic carbocycles. The van der Waals surface area contributed by atoms with E-state index in [1.54, 1.807) is 0 Å². The second-order valence-electron chi connectivity index (χ2n) is 7.52. The molecule has 3 saturated heterocycles. The van der Waals surface area contributed by atoms with Crippen molar-refractivity contribution in [3.8, 4) is 0 Å². The molecule has 0 spiro atoms. The fraction of sp³-hybridized carbons (Fsp3) is 0.941. The monoisotopic (exact) mass is 290 g/mol. The molecule has 0 aromatic heterocycles. The molecule has 1 N–H and O–H groups in total. The molecule has 0 bridgehead atoms. The molecule has 4 nitrogen and oxygen atoms in total. The number of hydrogen-bond donors (Lipinski definition) is 1. The first-order chi connectivity index (χ1) is 10.3. The third-order valence-corrected chi connectivity index (χ3v) is 5.95. The minimum Gasteiger partial charge on any atom is -0.357 e. The molecule has 0 radical (unpaired) electrons. The van der Waals surface area contributed by atoms with Crippen LogP contribution in [0.3, 0.4) is 0 Å². The van der Waals surface area contributed by atoms with Gasteiger partial charge in [0, 0.05) is 38.8 Å². The van der Waals surface area contributed by atoms with Gasteiger partial charge in [-0.25, -0.2) is 0 Å². The fourth-order valence-corrected chi connectivity index (χ4v) is 4.67. The maximum Gasteiger partial charge on any atom is 0.193 e. The molecule has 0 amide bonds. The van der Waals surface area contributed by atoms with E-state index in [9.17, 15) is 0 Å². The number of nitrogens with zero attached hydrogens (tertiary/aromatic N) is 3. The molecule has 0 unspecified atom stereocenters. The Bertz CT molecular complexity index is 404. The lowest BCUT2D eigenvalue weighted by atomic mass is 9.90. The molecule has 0 aromatic carbocycles. The summed E-state index contributed by atoms with van der Waals surface area (Å²) < 4.78 is 0. The number of nitrogens with one attached hydrogen (secondary N) is 1. The zero-order valence-electron chi connectivity index (χ0n) is 13.4. The van der Waals surface area contributed by atoms with Crippen molar-refractivity contribution >= 4 is 5.96 Å². The summed E-state index contributed by atoms with van der Waals surface area (Å²) >= 11 is 0. The summed E-state index contributed by atoms with van der Waals surface area (Å²) in [4.78, 5) is 10.3. The van der Waals surface area contributed by atoms with E-state index in [1.807, 2.05) is 0 Å². The molecule has 118 valence electrons. The van der Waals surface area contributed by atoms with E-state index >= 15 is 0 Å². The third kappa shape index (κ3) is 2.79. The van der Waals surface area contributed by atoms with Crippen LogP contribution in [-0.4, -0.2) is 61.1 Å². The number of hydrogen-bond acceptors (Lipinski definition) is 2. The van der Waals surface area contributed by atoms with Crippen molar-refractivity contribution < 1.29 is 0 Å². The van der Waals surface area contributed by atoms with Crippen molar-refractivity contribution in [2.45, 2.75) is 45.1 Å². The predicted octanol–water partition coefficient (Wildman–Crippen LogP) is 1.78. The van der Waals surface area contributed by atoms with Gasteiger partial charge in [-0.1, -0.05) is 6.42 Å². The van der Waals surface area contributed by atoms with Gasteiger partial charge in [0.05, 0.1) is 0 Å². The van der Waals surface area contributed by atoms with Crippen LogP contribution in [0, 0.1) is 17.8 Å². The van der Waals surface area contributed by atoms with E-state index in [-0.39, 0.29) is 0 Å². The number of fused-ring (bicyclic) bond motifs is 3. The summed E-state index contributed by atoms with van der Waals surface area (Å²) in [5.74, 6) is 3.86. The van der Waals surface area contributed by atoms with Crippen LogP contribution < -0.4 is 5.32 Å². The van der Waals surface area contributed by atoms with Gasteiger partial charge in [0.2, 0.25) is 0 Å². The predicted molar refractivity (Wildman–Crippen MR) is 86.5 cm³/mol. The minimum absolute atomic E-state index is 0.875. The lowest BCUT2D eigenvalue weighted by Crippen LogP contribution is -2.44. The largest absolute Gasteiger partial charge is 0.357 e. The number of piperidine rings is 1. The van der Waals surface area contributed by atoms with Crippen molar-refractivity contribution in [1.29, 1.82) is 0 Å².